The molecule has 0 spiro atoms. The van der Waals surface area contributed by atoms with E-state index in [4.69, 9.17) is 16.3 Å². The van der Waals surface area contributed by atoms with Crippen molar-refractivity contribution < 1.29 is 9.53 Å². The van der Waals surface area contributed by atoms with Gasteiger partial charge in [0.1, 0.15) is 17.3 Å². The van der Waals surface area contributed by atoms with E-state index in [0.717, 1.165) is 25.3 Å². The van der Waals surface area contributed by atoms with E-state index < -0.39 is 0 Å². The number of nitrogens with zero attached hydrogens (tertiary/aromatic N) is 3. The first kappa shape index (κ1) is 17.5. The van der Waals surface area contributed by atoms with Crippen LogP contribution in [-0.4, -0.2) is 36.1 Å². The molecule has 1 aromatic carbocycles. The molecule has 1 aliphatic rings. The Morgan fingerprint density at radius 2 is 2.20 bits per heavy atom. The van der Waals surface area contributed by atoms with Gasteiger partial charge in [0.05, 0.1) is 25.2 Å². The van der Waals surface area contributed by atoms with Gasteiger partial charge in [0, 0.05) is 18.1 Å². The average Bonchev–Trinajstić information content (AvgIpc) is 2.62. The van der Waals surface area contributed by atoms with E-state index in [1.807, 2.05) is 0 Å². The summed E-state index contributed by atoms with van der Waals surface area (Å²) in [4.78, 5) is 23.3. The van der Waals surface area contributed by atoms with Crippen molar-refractivity contribution in [1.29, 1.82) is 0 Å². The molecule has 1 N–H and O–H groups in total. The van der Waals surface area contributed by atoms with E-state index in [-0.39, 0.29) is 11.6 Å². The summed E-state index contributed by atoms with van der Waals surface area (Å²) >= 11 is 5.98. The van der Waals surface area contributed by atoms with Crippen LogP contribution in [0.2, 0.25) is 5.02 Å². The Labute approximate surface area is 152 Å². The first-order chi connectivity index (χ1) is 12.1. The molecule has 7 heteroatoms. The Balaban J connectivity index is 1.72. The van der Waals surface area contributed by atoms with Gasteiger partial charge in [-0.25, -0.2) is 9.97 Å². The number of carbonyl (C=O) groups excluding carboxylic acids is 1. The maximum absolute atomic E-state index is 12.4. The summed E-state index contributed by atoms with van der Waals surface area (Å²) in [7, 11) is 1.53. The molecule has 1 atom stereocenters. The first-order valence-corrected chi connectivity index (χ1v) is 8.66. The van der Waals surface area contributed by atoms with Gasteiger partial charge in [-0.3, -0.25) is 4.79 Å². The van der Waals surface area contributed by atoms with Crippen molar-refractivity contribution in [3.8, 4) is 5.75 Å². The smallest absolute Gasteiger partial charge is 0.275 e. The summed E-state index contributed by atoms with van der Waals surface area (Å²) in [6.07, 6.45) is 5.55. The van der Waals surface area contributed by atoms with Crippen LogP contribution >= 0.6 is 11.6 Å². The van der Waals surface area contributed by atoms with Crippen LogP contribution < -0.4 is 15.0 Å². The first-order valence-electron chi connectivity index (χ1n) is 8.28. The third kappa shape index (κ3) is 4.20. The Bertz CT molecular complexity index is 751. The van der Waals surface area contributed by atoms with Crippen LogP contribution in [0.4, 0.5) is 11.5 Å². The normalized spacial score (nSPS) is 17.2. The summed E-state index contributed by atoms with van der Waals surface area (Å²) in [6.45, 7) is 4.18. The fourth-order valence-electron chi connectivity index (χ4n) is 2.96. The number of hydrogen-bond donors (Lipinski definition) is 1. The van der Waals surface area contributed by atoms with Crippen molar-refractivity contribution in [2.45, 2.75) is 19.8 Å². The Kier molecular flexibility index (Phi) is 5.38. The highest BCUT2D eigenvalue weighted by Gasteiger charge is 2.18. The number of aromatic nitrogens is 2. The lowest BCUT2D eigenvalue weighted by Gasteiger charge is -2.31. The number of benzene rings is 1. The zero-order valence-corrected chi connectivity index (χ0v) is 15.1. The van der Waals surface area contributed by atoms with Crippen LogP contribution in [0.3, 0.4) is 0 Å². The third-order valence-corrected chi connectivity index (χ3v) is 4.50. The molecular weight excluding hydrogens is 340 g/mol. The summed E-state index contributed by atoms with van der Waals surface area (Å²) in [6, 6.07) is 5.03. The molecule has 1 aromatic heterocycles. The maximum Gasteiger partial charge on any atom is 0.275 e. The molecule has 1 fully saturated rings. The molecule has 1 unspecified atom stereocenters. The summed E-state index contributed by atoms with van der Waals surface area (Å²) < 4.78 is 5.23. The molecule has 0 radical (unpaired) electrons. The van der Waals surface area contributed by atoms with E-state index in [9.17, 15) is 4.79 Å². The van der Waals surface area contributed by atoms with Crippen molar-refractivity contribution >= 4 is 29.0 Å². The zero-order chi connectivity index (χ0) is 17.8. The van der Waals surface area contributed by atoms with Crippen LogP contribution in [0, 0.1) is 5.92 Å². The predicted molar refractivity (Wildman–Crippen MR) is 98.6 cm³/mol. The number of anilines is 2. The molecule has 0 bridgehead atoms. The van der Waals surface area contributed by atoms with Crippen LogP contribution in [0.15, 0.2) is 30.6 Å². The predicted octanol–water partition coefficient (Wildman–Crippen LogP) is 3.63. The van der Waals surface area contributed by atoms with E-state index >= 15 is 0 Å². The lowest BCUT2D eigenvalue weighted by Crippen LogP contribution is -2.35. The number of ether oxygens (including phenoxy) is 1. The molecular formula is C18H21ClN4O2. The van der Waals surface area contributed by atoms with Crippen molar-refractivity contribution in [2.75, 3.05) is 30.4 Å². The number of methoxy groups -OCH3 is 1. The van der Waals surface area contributed by atoms with E-state index in [1.165, 1.54) is 19.7 Å². The average molecular weight is 361 g/mol. The molecule has 2 aromatic rings. The minimum atomic E-state index is -0.355. The number of piperidine rings is 1. The van der Waals surface area contributed by atoms with E-state index in [0.29, 0.717) is 22.4 Å². The minimum Gasteiger partial charge on any atom is -0.495 e. The summed E-state index contributed by atoms with van der Waals surface area (Å²) in [5, 5.41) is 3.27. The van der Waals surface area contributed by atoms with Crippen molar-refractivity contribution in [3.05, 3.63) is 41.3 Å². The zero-order valence-electron chi connectivity index (χ0n) is 14.3. The van der Waals surface area contributed by atoms with Gasteiger partial charge in [-0.2, -0.15) is 0 Å². The second-order valence-corrected chi connectivity index (χ2v) is 6.69. The van der Waals surface area contributed by atoms with E-state index in [1.54, 1.807) is 24.4 Å². The number of rotatable bonds is 4. The summed E-state index contributed by atoms with van der Waals surface area (Å²) in [5.41, 5.74) is 0.742. The van der Waals surface area contributed by atoms with Gasteiger partial charge in [-0.05, 0) is 37.0 Å². The third-order valence-electron chi connectivity index (χ3n) is 4.26. The molecule has 132 valence electrons. The van der Waals surface area contributed by atoms with Gasteiger partial charge in [0.2, 0.25) is 0 Å². The largest absolute Gasteiger partial charge is 0.495 e. The van der Waals surface area contributed by atoms with Crippen molar-refractivity contribution in [3.63, 3.8) is 0 Å². The Morgan fingerprint density at radius 3 is 2.88 bits per heavy atom. The van der Waals surface area contributed by atoms with Gasteiger partial charge in [-0.1, -0.05) is 18.5 Å². The maximum atomic E-state index is 12.4. The molecule has 1 aliphatic heterocycles. The van der Waals surface area contributed by atoms with E-state index in [2.05, 4.69) is 27.1 Å². The highest BCUT2D eigenvalue weighted by Crippen LogP contribution is 2.28. The number of halogens is 1. The molecule has 0 saturated carbocycles. The Morgan fingerprint density at radius 1 is 1.36 bits per heavy atom. The highest BCUT2D eigenvalue weighted by atomic mass is 35.5. The summed E-state index contributed by atoms with van der Waals surface area (Å²) in [5.74, 6) is 1.63. The van der Waals surface area contributed by atoms with Gasteiger partial charge in [0.15, 0.2) is 0 Å². The molecule has 2 heterocycles. The van der Waals surface area contributed by atoms with Gasteiger partial charge in [-0.15, -0.1) is 0 Å². The molecule has 0 aliphatic carbocycles. The number of amides is 1. The number of nitrogens with one attached hydrogen (secondary N) is 1. The fourth-order valence-corrected chi connectivity index (χ4v) is 3.14. The van der Waals surface area contributed by atoms with Crippen molar-refractivity contribution in [1.82, 2.24) is 9.97 Å². The lowest BCUT2D eigenvalue weighted by atomic mass is 10.0. The standard InChI is InChI=1S/C18H21ClN4O2/c1-12-4-3-7-23(11-12)17-10-20-15(9-21-17)18(24)22-14-8-13(19)5-6-16(14)25-2/h5-6,8-10,12H,3-4,7,11H2,1-2H3,(H,22,24). The number of carbonyl (C=O) groups is 1. The van der Waals surface area contributed by atoms with Gasteiger partial charge in [0.25, 0.3) is 5.91 Å². The molecule has 1 amide bonds. The minimum absolute atomic E-state index is 0.246. The fraction of sp³-hybridized carbons (Fsp3) is 0.389. The quantitative estimate of drug-likeness (QED) is 0.901. The van der Waals surface area contributed by atoms with Crippen molar-refractivity contribution in [2.24, 2.45) is 5.92 Å². The van der Waals surface area contributed by atoms with Gasteiger partial charge >= 0.3 is 0 Å². The monoisotopic (exact) mass is 360 g/mol. The lowest BCUT2D eigenvalue weighted by molar-refractivity contribution is 0.102. The van der Waals surface area contributed by atoms with Crippen LogP contribution in [0.5, 0.6) is 5.75 Å². The Hall–Kier alpha value is -2.34. The van der Waals surface area contributed by atoms with Gasteiger partial charge < -0.3 is 15.0 Å². The van der Waals surface area contributed by atoms with Crippen LogP contribution in [-0.2, 0) is 0 Å². The second kappa shape index (κ2) is 7.70. The SMILES string of the molecule is COc1ccc(Cl)cc1NC(=O)c1cnc(N2CCCC(C)C2)cn1. The molecule has 25 heavy (non-hydrogen) atoms. The van der Waals surface area contributed by atoms with Crippen LogP contribution in [0.25, 0.3) is 0 Å². The molecule has 3 rings (SSSR count). The number of hydrogen-bond acceptors (Lipinski definition) is 5. The highest BCUT2D eigenvalue weighted by molar-refractivity contribution is 6.31. The second-order valence-electron chi connectivity index (χ2n) is 6.25. The topological polar surface area (TPSA) is 67.3 Å². The molecule has 1 saturated heterocycles. The molecule has 6 nitrogen and oxygen atoms in total. The van der Waals surface area contributed by atoms with Crippen LogP contribution in [0.1, 0.15) is 30.3 Å².